The Kier molecular flexibility index (Phi) is 4.97. The Labute approximate surface area is 181 Å². The fourth-order valence-corrected chi connectivity index (χ4v) is 4.02. The van der Waals surface area contributed by atoms with Gasteiger partial charge in [0, 0.05) is 28.5 Å². The molecule has 0 amide bonds. The van der Waals surface area contributed by atoms with Crippen LogP contribution >= 0.6 is 0 Å². The molecule has 0 unspecified atom stereocenters. The van der Waals surface area contributed by atoms with Crippen molar-refractivity contribution in [1.82, 2.24) is 9.78 Å². The first-order chi connectivity index (χ1) is 15.2. The molecule has 1 aromatic heterocycles. The van der Waals surface area contributed by atoms with Crippen molar-refractivity contribution < 1.29 is 9.53 Å². The van der Waals surface area contributed by atoms with Crippen LogP contribution in [0, 0.1) is 0 Å². The number of carbonyl (C=O) groups excluding carboxylic acids is 1. The summed E-state index contributed by atoms with van der Waals surface area (Å²) in [6.45, 7) is 0. The minimum Gasteiger partial charge on any atom is -0.497 e. The standard InChI is InChI=1S/C27H22N2O2/c1-31-24-15-13-20(14-16-24)26-22(18-29(28-26)23-8-3-2-4-9-23)17-21-12-11-19-7-5-6-10-25(19)27(21)30/h2-10,13-18H,11-12H2,1H3. The second-order valence-corrected chi connectivity index (χ2v) is 7.60. The van der Waals surface area contributed by atoms with Crippen LogP contribution in [-0.4, -0.2) is 22.7 Å². The molecule has 5 rings (SSSR count). The van der Waals surface area contributed by atoms with E-state index >= 15 is 0 Å². The molecule has 4 aromatic rings. The molecule has 31 heavy (non-hydrogen) atoms. The molecule has 1 aliphatic rings. The summed E-state index contributed by atoms with van der Waals surface area (Å²) in [7, 11) is 1.65. The predicted molar refractivity (Wildman–Crippen MR) is 123 cm³/mol. The summed E-state index contributed by atoms with van der Waals surface area (Å²) in [5.41, 5.74) is 6.47. The lowest BCUT2D eigenvalue weighted by molar-refractivity contribution is 0.102. The largest absolute Gasteiger partial charge is 0.497 e. The molecule has 1 heterocycles. The number of ketones is 1. The third kappa shape index (κ3) is 3.68. The summed E-state index contributed by atoms with van der Waals surface area (Å²) in [4.78, 5) is 13.1. The average Bonchev–Trinajstić information content (AvgIpc) is 3.25. The van der Waals surface area contributed by atoms with E-state index in [9.17, 15) is 4.79 Å². The maximum atomic E-state index is 13.1. The molecule has 4 nitrogen and oxygen atoms in total. The summed E-state index contributed by atoms with van der Waals surface area (Å²) in [5, 5.41) is 4.86. The van der Waals surface area contributed by atoms with E-state index in [-0.39, 0.29) is 5.78 Å². The summed E-state index contributed by atoms with van der Waals surface area (Å²) >= 11 is 0. The van der Waals surface area contributed by atoms with Gasteiger partial charge in [-0.1, -0.05) is 42.5 Å². The average molecular weight is 406 g/mol. The molecule has 0 atom stereocenters. The molecule has 4 heteroatoms. The van der Waals surface area contributed by atoms with Crippen LogP contribution in [0.3, 0.4) is 0 Å². The van der Waals surface area contributed by atoms with E-state index in [1.165, 1.54) is 0 Å². The first kappa shape index (κ1) is 19.1. The molecule has 0 radical (unpaired) electrons. The van der Waals surface area contributed by atoms with Crippen LogP contribution in [0.25, 0.3) is 23.0 Å². The van der Waals surface area contributed by atoms with E-state index in [1.807, 2.05) is 95.8 Å². The third-order valence-electron chi connectivity index (χ3n) is 5.67. The number of fused-ring (bicyclic) bond motifs is 1. The normalized spacial score (nSPS) is 14.5. The van der Waals surface area contributed by atoms with Gasteiger partial charge in [0.15, 0.2) is 5.78 Å². The molecule has 3 aromatic carbocycles. The van der Waals surface area contributed by atoms with Crippen LogP contribution < -0.4 is 4.74 Å². The molecular formula is C27H22N2O2. The number of para-hydroxylation sites is 1. The number of benzene rings is 3. The quantitative estimate of drug-likeness (QED) is 0.405. The van der Waals surface area contributed by atoms with Gasteiger partial charge in [-0.2, -0.15) is 5.10 Å². The van der Waals surface area contributed by atoms with E-state index < -0.39 is 0 Å². The molecule has 0 bridgehead atoms. The number of ether oxygens (including phenoxy) is 1. The number of nitrogens with zero attached hydrogens (tertiary/aromatic N) is 2. The Balaban J connectivity index is 1.61. The lowest BCUT2D eigenvalue weighted by Gasteiger charge is -2.17. The number of allylic oxidation sites excluding steroid dienone is 1. The van der Waals surface area contributed by atoms with Gasteiger partial charge >= 0.3 is 0 Å². The Morgan fingerprint density at radius 1 is 0.903 bits per heavy atom. The number of aryl methyl sites for hydroxylation is 1. The fourth-order valence-electron chi connectivity index (χ4n) is 4.02. The first-order valence-corrected chi connectivity index (χ1v) is 10.4. The lowest BCUT2D eigenvalue weighted by atomic mass is 9.86. The molecule has 0 fully saturated rings. The smallest absolute Gasteiger partial charge is 0.189 e. The molecular weight excluding hydrogens is 384 g/mol. The molecule has 0 spiro atoms. The van der Waals surface area contributed by atoms with E-state index in [2.05, 4.69) is 0 Å². The van der Waals surface area contributed by atoms with Crippen molar-refractivity contribution in [2.45, 2.75) is 12.8 Å². The summed E-state index contributed by atoms with van der Waals surface area (Å²) in [5.74, 6) is 0.903. The van der Waals surface area contributed by atoms with Crippen molar-refractivity contribution in [3.8, 4) is 22.7 Å². The van der Waals surface area contributed by atoms with Crippen LogP contribution in [0.15, 0.2) is 90.6 Å². The third-order valence-corrected chi connectivity index (χ3v) is 5.67. The number of Topliss-reactive ketones (excluding diaryl/α,β-unsaturated/α-hetero) is 1. The van der Waals surface area contributed by atoms with E-state index in [0.29, 0.717) is 0 Å². The van der Waals surface area contributed by atoms with E-state index in [0.717, 1.165) is 57.8 Å². The van der Waals surface area contributed by atoms with Crippen LogP contribution in [-0.2, 0) is 6.42 Å². The zero-order valence-corrected chi connectivity index (χ0v) is 17.3. The van der Waals surface area contributed by atoms with Crippen molar-refractivity contribution >= 4 is 11.9 Å². The van der Waals surface area contributed by atoms with Gasteiger partial charge in [-0.05, 0) is 60.9 Å². The van der Waals surface area contributed by atoms with Crippen molar-refractivity contribution in [3.05, 3.63) is 107 Å². The van der Waals surface area contributed by atoms with Gasteiger partial charge in [0.05, 0.1) is 18.5 Å². The molecule has 0 aliphatic heterocycles. The van der Waals surface area contributed by atoms with E-state index in [1.54, 1.807) is 7.11 Å². The Hall–Kier alpha value is -3.92. The lowest BCUT2D eigenvalue weighted by Crippen LogP contribution is -2.13. The highest BCUT2D eigenvalue weighted by atomic mass is 16.5. The minimum atomic E-state index is 0.106. The Morgan fingerprint density at radius 2 is 1.65 bits per heavy atom. The van der Waals surface area contributed by atoms with Crippen molar-refractivity contribution in [2.75, 3.05) is 7.11 Å². The molecule has 0 saturated carbocycles. The first-order valence-electron chi connectivity index (χ1n) is 10.4. The number of rotatable bonds is 4. The van der Waals surface area contributed by atoms with Gasteiger partial charge in [-0.25, -0.2) is 4.68 Å². The number of methoxy groups -OCH3 is 1. The monoisotopic (exact) mass is 406 g/mol. The zero-order chi connectivity index (χ0) is 21.2. The summed E-state index contributed by atoms with van der Waals surface area (Å²) in [6.07, 6.45) is 5.60. The van der Waals surface area contributed by atoms with Gasteiger partial charge in [-0.15, -0.1) is 0 Å². The highest BCUT2D eigenvalue weighted by Crippen LogP contribution is 2.31. The fraction of sp³-hybridized carbons (Fsp3) is 0.111. The van der Waals surface area contributed by atoms with E-state index in [4.69, 9.17) is 9.84 Å². The van der Waals surface area contributed by atoms with Gasteiger partial charge < -0.3 is 4.74 Å². The van der Waals surface area contributed by atoms with Gasteiger partial charge in [-0.3, -0.25) is 4.79 Å². The number of hydrogen-bond acceptors (Lipinski definition) is 3. The molecule has 0 N–H and O–H groups in total. The Bertz CT molecular complexity index is 1270. The number of carbonyl (C=O) groups is 1. The summed E-state index contributed by atoms with van der Waals surface area (Å²) < 4.78 is 7.16. The SMILES string of the molecule is COc1ccc(-c2nn(-c3ccccc3)cc2C=C2CCc3ccccc3C2=O)cc1. The van der Waals surface area contributed by atoms with Crippen LogP contribution in [0.5, 0.6) is 5.75 Å². The van der Waals surface area contributed by atoms with Gasteiger partial charge in [0.25, 0.3) is 0 Å². The summed E-state index contributed by atoms with van der Waals surface area (Å²) in [6, 6.07) is 25.7. The second kappa shape index (κ2) is 8.07. The number of hydrogen-bond donors (Lipinski definition) is 0. The maximum absolute atomic E-state index is 13.1. The Morgan fingerprint density at radius 3 is 2.42 bits per heavy atom. The highest BCUT2D eigenvalue weighted by Gasteiger charge is 2.22. The minimum absolute atomic E-state index is 0.106. The molecule has 152 valence electrons. The van der Waals surface area contributed by atoms with Crippen molar-refractivity contribution in [3.63, 3.8) is 0 Å². The predicted octanol–water partition coefficient (Wildman–Crippen LogP) is 5.76. The van der Waals surface area contributed by atoms with Crippen LogP contribution in [0.1, 0.15) is 27.9 Å². The van der Waals surface area contributed by atoms with Crippen LogP contribution in [0.2, 0.25) is 0 Å². The number of aromatic nitrogens is 2. The molecule has 0 saturated heterocycles. The maximum Gasteiger partial charge on any atom is 0.189 e. The zero-order valence-electron chi connectivity index (χ0n) is 17.3. The highest BCUT2D eigenvalue weighted by molar-refractivity contribution is 6.13. The van der Waals surface area contributed by atoms with Crippen molar-refractivity contribution in [1.29, 1.82) is 0 Å². The van der Waals surface area contributed by atoms with Gasteiger partial charge in [0.1, 0.15) is 5.75 Å². The van der Waals surface area contributed by atoms with Crippen LogP contribution in [0.4, 0.5) is 0 Å². The second-order valence-electron chi connectivity index (χ2n) is 7.60. The van der Waals surface area contributed by atoms with Crippen molar-refractivity contribution in [2.24, 2.45) is 0 Å². The topological polar surface area (TPSA) is 44.1 Å². The van der Waals surface area contributed by atoms with Gasteiger partial charge in [0.2, 0.25) is 0 Å². The molecule has 1 aliphatic carbocycles.